The highest BCUT2D eigenvalue weighted by molar-refractivity contribution is 5.83. The highest BCUT2D eigenvalue weighted by atomic mass is 16.5. The van der Waals surface area contributed by atoms with Gasteiger partial charge in [-0.3, -0.25) is 9.59 Å². The van der Waals surface area contributed by atoms with Crippen LogP contribution in [0.4, 0.5) is 0 Å². The molecule has 2 atom stereocenters. The van der Waals surface area contributed by atoms with E-state index >= 15 is 0 Å². The molecule has 0 amide bonds. The molecule has 0 aliphatic heterocycles. The zero-order valence-corrected chi connectivity index (χ0v) is 11.8. The molecule has 20 heavy (non-hydrogen) atoms. The Labute approximate surface area is 119 Å². The van der Waals surface area contributed by atoms with Gasteiger partial charge >= 0.3 is 5.97 Å². The van der Waals surface area contributed by atoms with Gasteiger partial charge in [0, 0.05) is 19.3 Å². The van der Waals surface area contributed by atoms with Crippen molar-refractivity contribution in [2.75, 3.05) is 0 Å². The van der Waals surface area contributed by atoms with Gasteiger partial charge in [-0.1, -0.05) is 24.3 Å². The predicted octanol–water partition coefficient (Wildman–Crippen LogP) is 3.54. The van der Waals surface area contributed by atoms with Gasteiger partial charge in [-0.25, -0.2) is 0 Å². The van der Waals surface area contributed by atoms with Gasteiger partial charge in [-0.2, -0.15) is 0 Å². The van der Waals surface area contributed by atoms with Gasteiger partial charge in [-0.05, 0) is 42.7 Å². The van der Waals surface area contributed by atoms with Crippen LogP contribution in [0.2, 0.25) is 0 Å². The lowest BCUT2D eigenvalue weighted by Gasteiger charge is -2.12. The van der Waals surface area contributed by atoms with Crippen LogP contribution in [-0.2, 0) is 14.3 Å². The molecule has 3 heteroatoms. The summed E-state index contributed by atoms with van der Waals surface area (Å²) in [5.41, 5.74) is 2.37. The Morgan fingerprint density at radius 1 is 1.20 bits per heavy atom. The quantitative estimate of drug-likeness (QED) is 0.770. The average molecular weight is 272 g/mol. The minimum absolute atomic E-state index is 0.135. The molecule has 0 radical (unpaired) electrons. The molecule has 2 unspecified atom stereocenters. The summed E-state index contributed by atoms with van der Waals surface area (Å²) in [6.45, 7) is 1.45. The number of esters is 1. The van der Waals surface area contributed by atoms with E-state index in [-0.39, 0.29) is 12.1 Å². The third-order valence-electron chi connectivity index (χ3n) is 4.36. The van der Waals surface area contributed by atoms with Crippen LogP contribution < -0.4 is 0 Å². The van der Waals surface area contributed by atoms with Crippen LogP contribution in [0, 0.1) is 5.92 Å². The third-order valence-corrected chi connectivity index (χ3v) is 4.36. The Morgan fingerprint density at radius 3 is 2.55 bits per heavy atom. The zero-order valence-electron chi connectivity index (χ0n) is 11.8. The van der Waals surface area contributed by atoms with Crippen LogP contribution >= 0.6 is 0 Å². The highest BCUT2D eigenvalue weighted by Gasteiger charge is 2.34. The molecule has 0 bridgehead atoms. The Hall–Kier alpha value is -1.64. The number of hydrogen-bond donors (Lipinski definition) is 0. The van der Waals surface area contributed by atoms with Crippen LogP contribution in [0.3, 0.4) is 0 Å². The highest BCUT2D eigenvalue weighted by Crippen LogP contribution is 2.45. The molecule has 2 aliphatic rings. The molecule has 106 valence electrons. The lowest BCUT2D eigenvalue weighted by molar-refractivity contribution is -0.146. The van der Waals surface area contributed by atoms with Crippen molar-refractivity contribution in [3.05, 3.63) is 35.4 Å². The summed E-state index contributed by atoms with van der Waals surface area (Å²) >= 11 is 0. The monoisotopic (exact) mass is 272 g/mol. The van der Waals surface area contributed by atoms with E-state index in [2.05, 4.69) is 6.07 Å². The van der Waals surface area contributed by atoms with Crippen molar-refractivity contribution in [1.29, 1.82) is 0 Å². The summed E-state index contributed by atoms with van der Waals surface area (Å²) in [7, 11) is 0. The maximum absolute atomic E-state index is 11.8. The topological polar surface area (TPSA) is 43.4 Å². The van der Waals surface area contributed by atoms with Gasteiger partial charge in [0.1, 0.15) is 11.9 Å². The molecule has 3 rings (SSSR count). The Morgan fingerprint density at radius 2 is 1.90 bits per heavy atom. The fourth-order valence-electron chi connectivity index (χ4n) is 3.20. The standard InChI is InChI=1S/C17H20O3/c1-11(18)20-17-10-13(8-9-16(19)12-6-7-12)14-4-2-3-5-15(14)17/h2-5,12-13,17H,6-10H2,1H3. The van der Waals surface area contributed by atoms with E-state index in [1.807, 2.05) is 18.2 Å². The Bertz CT molecular complexity index is 531. The number of carbonyl (C=O) groups excluding carboxylic acids is 2. The predicted molar refractivity (Wildman–Crippen MR) is 75.3 cm³/mol. The van der Waals surface area contributed by atoms with Crippen LogP contribution in [0.1, 0.15) is 62.2 Å². The molecule has 1 aromatic carbocycles. The van der Waals surface area contributed by atoms with E-state index in [0.717, 1.165) is 31.2 Å². The first-order chi connectivity index (χ1) is 9.65. The summed E-state index contributed by atoms with van der Waals surface area (Å²) in [5.74, 6) is 0.868. The van der Waals surface area contributed by atoms with E-state index in [1.54, 1.807) is 0 Å². The smallest absolute Gasteiger partial charge is 0.303 e. The summed E-state index contributed by atoms with van der Waals surface area (Å²) in [4.78, 5) is 23.1. The number of ether oxygens (including phenoxy) is 1. The molecule has 0 aromatic heterocycles. The van der Waals surface area contributed by atoms with E-state index in [4.69, 9.17) is 4.74 Å². The molecule has 0 spiro atoms. The summed E-state index contributed by atoms with van der Waals surface area (Å²) in [6.07, 6.45) is 4.38. The molecule has 2 aliphatic carbocycles. The number of benzene rings is 1. The number of rotatable bonds is 5. The number of carbonyl (C=O) groups is 2. The fraction of sp³-hybridized carbons (Fsp3) is 0.529. The lowest BCUT2D eigenvalue weighted by atomic mass is 9.94. The van der Waals surface area contributed by atoms with Crippen molar-refractivity contribution in [3.8, 4) is 0 Å². The van der Waals surface area contributed by atoms with Crippen molar-refractivity contribution < 1.29 is 14.3 Å². The van der Waals surface area contributed by atoms with E-state index in [0.29, 0.717) is 24.0 Å². The lowest BCUT2D eigenvalue weighted by Crippen LogP contribution is -2.06. The molecule has 3 nitrogen and oxygen atoms in total. The van der Waals surface area contributed by atoms with E-state index in [9.17, 15) is 9.59 Å². The first-order valence-electron chi connectivity index (χ1n) is 7.44. The average Bonchev–Trinajstić information content (AvgIpc) is 3.21. The molecule has 1 saturated carbocycles. The van der Waals surface area contributed by atoms with Gasteiger partial charge in [0.15, 0.2) is 0 Å². The molecule has 1 fully saturated rings. The largest absolute Gasteiger partial charge is 0.458 e. The molecule has 0 N–H and O–H groups in total. The second kappa shape index (κ2) is 5.39. The second-order valence-corrected chi connectivity index (χ2v) is 5.94. The minimum Gasteiger partial charge on any atom is -0.458 e. The van der Waals surface area contributed by atoms with Gasteiger partial charge in [0.2, 0.25) is 0 Å². The van der Waals surface area contributed by atoms with Crippen LogP contribution in [0.5, 0.6) is 0 Å². The van der Waals surface area contributed by atoms with E-state index in [1.165, 1.54) is 12.5 Å². The zero-order chi connectivity index (χ0) is 14.1. The number of Topliss-reactive ketones (excluding diaryl/α,β-unsaturated/α-hetero) is 1. The van der Waals surface area contributed by atoms with Crippen molar-refractivity contribution >= 4 is 11.8 Å². The van der Waals surface area contributed by atoms with Crippen molar-refractivity contribution in [2.24, 2.45) is 5.92 Å². The van der Waals surface area contributed by atoms with Gasteiger partial charge < -0.3 is 4.74 Å². The second-order valence-electron chi connectivity index (χ2n) is 5.94. The van der Waals surface area contributed by atoms with Gasteiger partial charge in [-0.15, -0.1) is 0 Å². The van der Waals surface area contributed by atoms with Crippen LogP contribution in [0.25, 0.3) is 0 Å². The number of hydrogen-bond acceptors (Lipinski definition) is 3. The maximum Gasteiger partial charge on any atom is 0.303 e. The minimum atomic E-state index is -0.237. The Balaban J connectivity index is 1.69. The molecule has 0 heterocycles. The van der Waals surface area contributed by atoms with Crippen molar-refractivity contribution in [1.82, 2.24) is 0 Å². The van der Waals surface area contributed by atoms with Crippen molar-refractivity contribution in [2.45, 2.75) is 51.0 Å². The normalized spacial score (nSPS) is 24.2. The SMILES string of the molecule is CC(=O)OC1CC(CCC(=O)C2CC2)c2ccccc21. The van der Waals surface area contributed by atoms with E-state index < -0.39 is 0 Å². The summed E-state index contributed by atoms with van der Waals surface area (Å²) < 4.78 is 5.41. The molecular formula is C17H20O3. The molecular weight excluding hydrogens is 252 g/mol. The molecule has 0 saturated heterocycles. The first kappa shape index (κ1) is 13.3. The van der Waals surface area contributed by atoms with Crippen LogP contribution in [0.15, 0.2) is 24.3 Å². The maximum atomic E-state index is 11.8. The Kier molecular flexibility index (Phi) is 3.60. The van der Waals surface area contributed by atoms with Gasteiger partial charge in [0.25, 0.3) is 0 Å². The fourth-order valence-corrected chi connectivity index (χ4v) is 3.20. The van der Waals surface area contributed by atoms with Gasteiger partial charge in [0.05, 0.1) is 0 Å². The first-order valence-corrected chi connectivity index (χ1v) is 7.44. The summed E-state index contributed by atoms with van der Waals surface area (Å²) in [5, 5.41) is 0. The third kappa shape index (κ3) is 2.77. The van der Waals surface area contributed by atoms with Crippen LogP contribution in [-0.4, -0.2) is 11.8 Å². The van der Waals surface area contributed by atoms with Crippen molar-refractivity contribution in [3.63, 3.8) is 0 Å². The number of fused-ring (bicyclic) bond motifs is 1. The molecule has 1 aromatic rings. The summed E-state index contributed by atoms with van der Waals surface area (Å²) in [6, 6.07) is 8.13. The number of ketones is 1.